The molecule has 0 saturated carbocycles. The first-order valence-corrected chi connectivity index (χ1v) is 7.00. The summed E-state index contributed by atoms with van der Waals surface area (Å²) in [5, 5.41) is 5.40. The van der Waals surface area contributed by atoms with Gasteiger partial charge in [0, 0.05) is 5.39 Å². The number of furan rings is 1. The molecule has 96 valence electrons. The van der Waals surface area contributed by atoms with Crippen LogP contribution in [0.3, 0.4) is 0 Å². The maximum atomic E-state index is 6.17. The molecule has 2 aromatic rings. The molecule has 18 heavy (non-hydrogen) atoms. The van der Waals surface area contributed by atoms with Crippen LogP contribution in [0.15, 0.2) is 28.7 Å². The Morgan fingerprint density at radius 2 is 2.17 bits per heavy atom. The van der Waals surface area contributed by atoms with E-state index in [4.69, 9.17) is 16.0 Å². The lowest BCUT2D eigenvalue weighted by Crippen LogP contribution is -2.38. The predicted molar refractivity (Wildman–Crippen MR) is 75.0 cm³/mol. The summed E-state index contributed by atoms with van der Waals surface area (Å²) in [5.41, 5.74) is 0.750. The van der Waals surface area contributed by atoms with Gasteiger partial charge < -0.3 is 9.73 Å². The van der Waals surface area contributed by atoms with Crippen LogP contribution < -0.4 is 5.32 Å². The van der Waals surface area contributed by atoms with Crippen molar-refractivity contribution in [1.29, 1.82) is 0 Å². The van der Waals surface area contributed by atoms with Gasteiger partial charge >= 0.3 is 0 Å². The highest BCUT2D eigenvalue weighted by atomic mass is 35.5. The Labute approximate surface area is 112 Å². The van der Waals surface area contributed by atoms with Crippen molar-refractivity contribution in [3.05, 3.63) is 35.0 Å². The summed E-state index contributed by atoms with van der Waals surface area (Å²) in [4.78, 5) is 0. The second kappa shape index (κ2) is 4.60. The minimum absolute atomic E-state index is 0.0567. The lowest BCUT2D eigenvalue weighted by molar-refractivity contribution is 0.296. The Morgan fingerprint density at radius 1 is 1.28 bits per heavy atom. The molecule has 1 fully saturated rings. The molecule has 0 bridgehead atoms. The van der Waals surface area contributed by atoms with Crippen molar-refractivity contribution in [3.63, 3.8) is 0 Å². The zero-order chi connectivity index (χ0) is 12.6. The second-order valence-electron chi connectivity index (χ2n) is 5.34. The Kier molecular flexibility index (Phi) is 3.08. The molecule has 1 unspecified atom stereocenters. The largest absolute Gasteiger partial charge is 0.458 e. The fourth-order valence-corrected chi connectivity index (χ4v) is 2.96. The summed E-state index contributed by atoms with van der Waals surface area (Å²) in [5.74, 6) is 1.01. The molecule has 2 heterocycles. The summed E-state index contributed by atoms with van der Waals surface area (Å²) in [7, 11) is 0. The maximum Gasteiger partial charge on any atom is 0.152 e. The first-order chi connectivity index (χ1) is 8.69. The van der Waals surface area contributed by atoms with Crippen molar-refractivity contribution in [2.75, 3.05) is 6.54 Å². The predicted octanol–water partition coefficient (Wildman–Crippen LogP) is 4.47. The van der Waals surface area contributed by atoms with Crippen molar-refractivity contribution in [1.82, 2.24) is 5.32 Å². The Balaban J connectivity index is 2.05. The van der Waals surface area contributed by atoms with Gasteiger partial charge in [-0.15, -0.1) is 0 Å². The molecular weight excluding hydrogens is 246 g/mol. The summed E-state index contributed by atoms with van der Waals surface area (Å²) in [6.07, 6.45) is 4.90. The lowest BCUT2D eigenvalue weighted by atomic mass is 9.93. The van der Waals surface area contributed by atoms with E-state index >= 15 is 0 Å². The molecule has 2 nitrogen and oxygen atoms in total. The van der Waals surface area contributed by atoms with Crippen LogP contribution in [0.5, 0.6) is 0 Å². The van der Waals surface area contributed by atoms with Crippen molar-refractivity contribution in [2.24, 2.45) is 0 Å². The van der Waals surface area contributed by atoms with Crippen molar-refractivity contribution >= 4 is 22.6 Å². The monoisotopic (exact) mass is 263 g/mol. The van der Waals surface area contributed by atoms with Gasteiger partial charge in [-0.2, -0.15) is 0 Å². The average molecular weight is 264 g/mol. The zero-order valence-corrected chi connectivity index (χ0v) is 11.4. The van der Waals surface area contributed by atoms with E-state index < -0.39 is 0 Å². The number of hydrogen-bond acceptors (Lipinski definition) is 2. The average Bonchev–Trinajstić information content (AvgIpc) is 2.69. The third kappa shape index (κ3) is 2.04. The Bertz CT molecular complexity index is 553. The van der Waals surface area contributed by atoms with E-state index in [0.29, 0.717) is 5.02 Å². The van der Waals surface area contributed by atoms with Crippen LogP contribution in [0.1, 0.15) is 38.4 Å². The van der Waals surface area contributed by atoms with Crippen LogP contribution in [-0.2, 0) is 5.54 Å². The van der Waals surface area contributed by atoms with Gasteiger partial charge in [-0.25, -0.2) is 0 Å². The van der Waals surface area contributed by atoms with E-state index in [0.717, 1.165) is 29.7 Å². The fourth-order valence-electron chi connectivity index (χ4n) is 2.74. The molecule has 0 radical (unpaired) electrons. The summed E-state index contributed by atoms with van der Waals surface area (Å²) < 4.78 is 6.00. The van der Waals surface area contributed by atoms with Crippen LogP contribution in [0.4, 0.5) is 0 Å². The number of halogens is 1. The maximum absolute atomic E-state index is 6.17. The first kappa shape index (κ1) is 12.1. The molecule has 1 aromatic carbocycles. The van der Waals surface area contributed by atoms with Crippen molar-refractivity contribution in [2.45, 2.75) is 38.1 Å². The SMILES string of the molecule is CC1(c2cc3cccc(Cl)c3o2)CCCCCN1. The smallest absolute Gasteiger partial charge is 0.152 e. The molecule has 0 aliphatic carbocycles. The van der Waals surface area contributed by atoms with Crippen LogP contribution in [0.2, 0.25) is 5.02 Å². The standard InChI is InChI=1S/C15H18ClNO/c1-15(8-3-2-4-9-17-15)13-10-11-6-5-7-12(16)14(11)18-13/h5-7,10,17H,2-4,8-9H2,1H3. The topological polar surface area (TPSA) is 25.2 Å². The number of para-hydroxylation sites is 1. The molecule has 3 rings (SSSR count). The van der Waals surface area contributed by atoms with E-state index in [1.807, 2.05) is 18.2 Å². The van der Waals surface area contributed by atoms with E-state index in [9.17, 15) is 0 Å². The van der Waals surface area contributed by atoms with Crippen LogP contribution in [0, 0.1) is 0 Å². The van der Waals surface area contributed by atoms with Crippen LogP contribution in [-0.4, -0.2) is 6.54 Å². The van der Waals surface area contributed by atoms with Gasteiger partial charge in [0.05, 0.1) is 10.6 Å². The highest BCUT2D eigenvalue weighted by Crippen LogP contribution is 2.35. The zero-order valence-electron chi connectivity index (χ0n) is 10.6. The second-order valence-corrected chi connectivity index (χ2v) is 5.75. The third-order valence-corrected chi connectivity index (χ3v) is 4.21. The summed E-state index contributed by atoms with van der Waals surface area (Å²) >= 11 is 6.17. The minimum atomic E-state index is -0.0567. The lowest BCUT2D eigenvalue weighted by Gasteiger charge is -2.26. The Hall–Kier alpha value is -0.990. The highest BCUT2D eigenvalue weighted by molar-refractivity contribution is 6.34. The molecule has 1 aromatic heterocycles. The van der Waals surface area contributed by atoms with Gasteiger partial charge in [-0.05, 0) is 38.4 Å². The van der Waals surface area contributed by atoms with E-state index in [2.05, 4.69) is 18.3 Å². The van der Waals surface area contributed by atoms with E-state index in [1.165, 1.54) is 19.3 Å². The summed E-state index contributed by atoms with van der Waals surface area (Å²) in [6, 6.07) is 8.01. The number of fused-ring (bicyclic) bond motifs is 1. The molecule has 1 saturated heterocycles. The number of rotatable bonds is 1. The normalized spacial score (nSPS) is 25.2. The van der Waals surface area contributed by atoms with Crippen LogP contribution >= 0.6 is 11.6 Å². The van der Waals surface area contributed by atoms with Gasteiger partial charge in [0.2, 0.25) is 0 Å². The number of hydrogen-bond donors (Lipinski definition) is 1. The molecule has 1 N–H and O–H groups in total. The summed E-state index contributed by atoms with van der Waals surface area (Å²) in [6.45, 7) is 3.28. The number of benzene rings is 1. The first-order valence-electron chi connectivity index (χ1n) is 6.63. The fraction of sp³-hybridized carbons (Fsp3) is 0.467. The van der Waals surface area contributed by atoms with E-state index in [1.54, 1.807) is 0 Å². The van der Waals surface area contributed by atoms with E-state index in [-0.39, 0.29) is 5.54 Å². The molecule has 1 atom stereocenters. The Morgan fingerprint density at radius 3 is 3.00 bits per heavy atom. The molecule has 1 aliphatic rings. The molecule has 1 aliphatic heterocycles. The van der Waals surface area contributed by atoms with Crippen molar-refractivity contribution < 1.29 is 4.42 Å². The van der Waals surface area contributed by atoms with Gasteiger partial charge in [0.15, 0.2) is 5.58 Å². The van der Waals surface area contributed by atoms with Gasteiger partial charge in [0.1, 0.15) is 5.76 Å². The quantitative estimate of drug-likeness (QED) is 0.821. The highest BCUT2D eigenvalue weighted by Gasteiger charge is 2.30. The molecule has 0 amide bonds. The number of nitrogens with one attached hydrogen (secondary N) is 1. The molecule has 3 heteroatoms. The van der Waals surface area contributed by atoms with Gasteiger partial charge in [-0.3, -0.25) is 0 Å². The van der Waals surface area contributed by atoms with Gasteiger partial charge in [-0.1, -0.05) is 36.6 Å². The molecule has 0 spiro atoms. The molecular formula is C15H18ClNO. The minimum Gasteiger partial charge on any atom is -0.458 e. The van der Waals surface area contributed by atoms with Gasteiger partial charge in [0.25, 0.3) is 0 Å². The third-order valence-electron chi connectivity index (χ3n) is 3.91. The van der Waals surface area contributed by atoms with Crippen LogP contribution in [0.25, 0.3) is 11.0 Å². The van der Waals surface area contributed by atoms with Crippen molar-refractivity contribution in [3.8, 4) is 0 Å².